The first-order chi connectivity index (χ1) is 11.0. The lowest BCUT2D eigenvalue weighted by Crippen LogP contribution is -2.20. The molecule has 2 aromatic carbocycles. The second kappa shape index (κ2) is 6.12. The molecule has 0 aromatic heterocycles. The Labute approximate surface area is 140 Å². The van der Waals surface area contributed by atoms with Gasteiger partial charge in [0, 0.05) is 28.2 Å². The molecule has 0 bridgehead atoms. The van der Waals surface area contributed by atoms with E-state index in [2.05, 4.69) is 20.7 Å². The van der Waals surface area contributed by atoms with Gasteiger partial charge in [-0.25, -0.2) is 0 Å². The van der Waals surface area contributed by atoms with Crippen molar-refractivity contribution >= 4 is 39.2 Å². The molecular formula is C17H12BrF2NO2. The molecule has 3 rings (SSSR count). The fourth-order valence-corrected chi connectivity index (χ4v) is 2.91. The van der Waals surface area contributed by atoms with Crippen LogP contribution >= 0.6 is 15.9 Å². The number of carbonyl (C=O) groups excluding carboxylic acids is 1. The van der Waals surface area contributed by atoms with Crippen LogP contribution in [0, 0.1) is 0 Å². The average molecular weight is 380 g/mol. The number of ether oxygens (including phenoxy) is 1. The third kappa shape index (κ3) is 2.99. The van der Waals surface area contributed by atoms with Gasteiger partial charge in [0.15, 0.2) is 0 Å². The van der Waals surface area contributed by atoms with Crippen LogP contribution in [0.15, 0.2) is 46.9 Å². The number of alkyl halides is 2. The minimum absolute atomic E-state index is 0.0236. The molecule has 1 aliphatic rings. The van der Waals surface area contributed by atoms with Crippen molar-refractivity contribution in [1.29, 1.82) is 0 Å². The molecule has 0 radical (unpaired) electrons. The van der Waals surface area contributed by atoms with Crippen molar-refractivity contribution in [2.24, 2.45) is 0 Å². The number of hydrogen-bond donors (Lipinski definition) is 0. The number of benzene rings is 2. The van der Waals surface area contributed by atoms with Crippen LogP contribution in [0.5, 0.6) is 5.75 Å². The Hall–Kier alpha value is -2.21. The van der Waals surface area contributed by atoms with Gasteiger partial charge >= 0.3 is 6.61 Å². The van der Waals surface area contributed by atoms with E-state index in [1.54, 1.807) is 25.3 Å². The number of anilines is 1. The van der Waals surface area contributed by atoms with E-state index in [1.165, 1.54) is 11.0 Å². The van der Waals surface area contributed by atoms with Crippen LogP contribution in [0.2, 0.25) is 0 Å². The summed E-state index contributed by atoms with van der Waals surface area (Å²) >= 11 is 3.30. The summed E-state index contributed by atoms with van der Waals surface area (Å²) in [5.41, 5.74) is 2.41. The SMILES string of the molecule is CN1C(=O)/C(=C\c2cc(Br)ccc2OC(F)F)c2ccccc21. The lowest BCUT2D eigenvalue weighted by molar-refractivity contribution is -0.112. The van der Waals surface area contributed by atoms with Gasteiger partial charge in [0.2, 0.25) is 0 Å². The summed E-state index contributed by atoms with van der Waals surface area (Å²) in [5.74, 6) is -0.162. The molecule has 0 saturated heterocycles. The number of likely N-dealkylation sites (N-methyl/N-ethyl adjacent to an activating group) is 1. The van der Waals surface area contributed by atoms with Crippen molar-refractivity contribution in [2.45, 2.75) is 6.61 Å². The maximum Gasteiger partial charge on any atom is 0.387 e. The largest absolute Gasteiger partial charge is 0.434 e. The standard InChI is InChI=1S/C17H12BrF2NO2/c1-21-14-5-3-2-4-12(14)13(16(21)22)9-10-8-11(18)6-7-15(10)23-17(19)20/h2-9,17H,1H3/b13-9-. The Morgan fingerprint density at radius 1 is 1.22 bits per heavy atom. The lowest BCUT2D eigenvalue weighted by Gasteiger charge is -2.09. The third-order valence-corrected chi connectivity index (χ3v) is 4.07. The minimum Gasteiger partial charge on any atom is -0.434 e. The molecule has 3 nitrogen and oxygen atoms in total. The number of nitrogens with zero attached hydrogens (tertiary/aromatic N) is 1. The predicted octanol–water partition coefficient (Wildman–Crippen LogP) is 4.57. The van der Waals surface area contributed by atoms with Crippen molar-refractivity contribution in [3.8, 4) is 5.75 Å². The Balaban J connectivity index is 2.12. The Bertz CT molecular complexity index is 805. The Morgan fingerprint density at radius 3 is 2.70 bits per heavy atom. The van der Waals surface area contributed by atoms with Gasteiger partial charge in [-0.2, -0.15) is 8.78 Å². The number of amides is 1. The quantitative estimate of drug-likeness (QED) is 0.731. The van der Waals surface area contributed by atoms with Crippen LogP contribution in [0.4, 0.5) is 14.5 Å². The molecule has 0 spiro atoms. The number of para-hydroxylation sites is 1. The summed E-state index contributed by atoms with van der Waals surface area (Å²) in [5, 5.41) is 0. The molecule has 118 valence electrons. The van der Waals surface area contributed by atoms with E-state index in [9.17, 15) is 13.6 Å². The first-order valence-corrected chi connectivity index (χ1v) is 7.60. The molecular weight excluding hydrogens is 368 g/mol. The molecule has 2 aromatic rings. The second-order valence-corrected chi connectivity index (χ2v) is 5.92. The highest BCUT2D eigenvalue weighted by atomic mass is 79.9. The molecule has 0 atom stereocenters. The van der Waals surface area contributed by atoms with Crippen molar-refractivity contribution < 1.29 is 18.3 Å². The lowest BCUT2D eigenvalue weighted by atomic mass is 10.0. The van der Waals surface area contributed by atoms with E-state index in [0.29, 0.717) is 15.6 Å². The minimum atomic E-state index is -2.93. The molecule has 0 aliphatic carbocycles. The number of fused-ring (bicyclic) bond motifs is 1. The highest BCUT2D eigenvalue weighted by Crippen LogP contribution is 2.38. The van der Waals surface area contributed by atoms with Gasteiger partial charge in [0.05, 0.1) is 5.69 Å². The van der Waals surface area contributed by atoms with Crippen LogP contribution in [0.3, 0.4) is 0 Å². The molecule has 23 heavy (non-hydrogen) atoms. The molecule has 1 aliphatic heterocycles. The Kier molecular flexibility index (Phi) is 4.17. The number of halogens is 3. The van der Waals surface area contributed by atoms with Gasteiger partial charge in [-0.15, -0.1) is 0 Å². The first-order valence-electron chi connectivity index (χ1n) is 6.81. The van der Waals surface area contributed by atoms with Gasteiger partial charge < -0.3 is 9.64 Å². The van der Waals surface area contributed by atoms with E-state index in [4.69, 9.17) is 0 Å². The van der Waals surface area contributed by atoms with E-state index in [1.807, 2.05) is 24.3 Å². The van der Waals surface area contributed by atoms with Crippen LogP contribution in [0.1, 0.15) is 11.1 Å². The van der Waals surface area contributed by atoms with E-state index >= 15 is 0 Å². The van der Waals surface area contributed by atoms with Gasteiger partial charge in [-0.05, 0) is 30.3 Å². The van der Waals surface area contributed by atoms with Crippen LogP contribution in [-0.2, 0) is 4.79 Å². The Morgan fingerprint density at radius 2 is 1.96 bits per heavy atom. The summed E-state index contributed by atoms with van der Waals surface area (Å²) in [4.78, 5) is 14.0. The normalized spacial score (nSPS) is 15.4. The summed E-state index contributed by atoms with van der Waals surface area (Å²) in [6.45, 7) is -2.93. The van der Waals surface area contributed by atoms with E-state index in [0.717, 1.165) is 11.3 Å². The smallest absolute Gasteiger partial charge is 0.387 e. The molecule has 6 heteroatoms. The van der Waals surface area contributed by atoms with Crippen molar-refractivity contribution in [3.63, 3.8) is 0 Å². The molecule has 0 fully saturated rings. The van der Waals surface area contributed by atoms with Crippen molar-refractivity contribution in [3.05, 3.63) is 58.1 Å². The number of carbonyl (C=O) groups is 1. The summed E-state index contributed by atoms with van der Waals surface area (Å²) in [6, 6.07) is 12.0. The maximum absolute atomic E-state index is 12.6. The topological polar surface area (TPSA) is 29.5 Å². The molecule has 0 unspecified atom stereocenters. The first kappa shape index (κ1) is 15.7. The van der Waals surface area contributed by atoms with E-state index in [-0.39, 0.29) is 11.7 Å². The average Bonchev–Trinajstić information content (AvgIpc) is 2.75. The van der Waals surface area contributed by atoms with Crippen LogP contribution in [0.25, 0.3) is 11.6 Å². The molecule has 0 N–H and O–H groups in total. The van der Waals surface area contributed by atoms with Crippen LogP contribution in [-0.4, -0.2) is 19.6 Å². The molecule has 0 saturated carbocycles. The number of rotatable bonds is 3. The zero-order valence-electron chi connectivity index (χ0n) is 12.1. The predicted molar refractivity (Wildman–Crippen MR) is 88.5 cm³/mol. The third-order valence-electron chi connectivity index (χ3n) is 3.58. The molecule has 1 heterocycles. The van der Waals surface area contributed by atoms with Gasteiger partial charge in [-0.3, -0.25) is 4.79 Å². The maximum atomic E-state index is 12.6. The summed E-state index contributed by atoms with van der Waals surface area (Å²) in [7, 11) is 1.68. The van der Waals surface area contributed by atoms with Crippen LogP contribution < -0.4 is 9.64 Å². The van der Waals surface area contributed by atoms with Gasteiger partial charge in [0.1, 0.15) is 5.75 Å². The zero-order valence-corrected chi connectivity index (χ0v) is 13.7. The van der Waals surface area contributed by atoms with Gasteiger partial charge in [-0.1, -0.05) is 34.1 Å². The highest BCUT2D eigenvalue weighted by molar-refractivity contribution is 9.10. The fraction of sp³-hybridized carbons (Fsp3) is 0.118. The second-order valence-electron chi connectivity index (χ2n) is 5.00. The monoisotopic (exact) mass is 379 g/mol. The van der Waals surface area contributed by atoms with Crippen molar-refractivity contribution in [1.82, 2.24) is 0 Å². The fourth-order valence-electron chi connectivity index (χ4n) is 2.53. The van der Waals surface area contributed by atoms with Crippen molar-refractivity contribution in [2.75, 3.05) is 11.9 Å². The highest BCUT2D eigenvalue weighted by Gasteiger charge is 2.29. The molecule has 1 amide bonds. The summed E-state index contributed by atoms with van der Waals surface area (Å²) < 4.78 is 30.4. The number of hydrogen-bond acceptors (Lipinski definition) is 2. The zero-order chi connectivity index (χ0) is 16.6. The van der Waals surface area contributed by atoms with E-state index < -0.39 is 6.61 Å². The van der Waals surface area contributed by atoms with Gasteiger partial charge in [0.25, 0.3) is 5.91 Å². The summed E-state index contributed by atoms with van der Waals surface area (Å²) in [6.07, 6.45) is 1.58.